The van der Waals surface area contributed by atoms with E-state index in [4.69, 9.17) is 28.4 Å². The largest absolute Gasteiger partial charge is 0.457 e. The molecule has 11 unspecified atom stereocenters. The minimum absolute atomic E-state index is 0.0547. The van der Waals surface area contributed by atoms with Gasteiger partial charge in [0.2, 0.25) is 0 Å². The van der Waals surface area contributed by atoms with Gasteiger partial charge in [0.15, 0.2) is 12.6 Å². The van der Waals surface area contributed by atoms with Gasteiger partial charge in [-0.25, -0.2) is 0 Å². The van der Waals surface area contributed by atoms with Crippen LogP contribution in [0.3, 0.4) is 0 Å². The number of carbonyl (C=O) groups is 1. The van der Waals surface area contributed by atoms with E-state index in [2.05, 4.69) is 50.3 Å². The molecule has 0 radical (unpaired) electrons. The second-order valence-corrected chi connectivity index (χ2v) is 18.0. The Bertz CT molecular complexity index is 1220. The van der Waals surface area contributed by atoms with Crippen molar-refractivity contribution in [2.24, 2.45) is 0 Å². The SMILES string of the molecule is CCCCC/C=C\C/C=C\CCCCCCCCCC(=O)OC(COCCCCCCCC/C=C\CCCCCC)COC1OC(COC2OC(CO)C(O)C(O)C2O)C(O)C(O)C1O. The van der Waals surface area contributed by atoms with Crippen molar-refractivity contribution in [3.8, 4) is 0 Å². The van der Waals surface area contributed by atoms with Crippen LogP contribution in [-0.4, -0.2) is 142 Å². The summed E-state index contributed by atoms with van der Waals surface area (Å²) < 4.78 is 34.2. The predicted molar refractivity (Wildman–Crippen MR) is 252 cm³/mol. The molecule has 0 amide bonds. The zero-order valence-corrected chi connectivity index (χ0v) is 40.2. The van der Waals surface area contributed by atoms with Gasteiger partial charge in [-0.05, 0) is 70.6 Å². The Morgan fingerprint density at radius 2 is 0.954 bits per heavy atom. The van der Waals surface area contributed by atoms with Gasteiger partial charge < -0.3 is 64.2 Å². The summed E-state index contributed by atoms with van der Waals surface area (Å²) in [4.78, 5) is 13.0. The number of hydrogen-bond acceptors (Lipinski definition) is 14. The van der Waals surface area contributed by atoms with Crippen molar-refractivity contribution in [1.29, 1.82) is 0 Å². The summed E-state index contributed by atoms with van der Waals surface area (Å²) in [6, 6.07) is 0. The molecule has 65 heavy (non-hydrogen) atoms. The summed E-state index contributed by atoms with van der Waals surface area (Å²) in [7, 11) is 0. The van der Waals surface area contributed by atoms with Gasteiger partial charge in [-0.2, -0.15) is 0 Å². The fourth-order valence-corrected chi connectivity index (χ4v) is 7.90. The smallest absolute Gasteiger partial charge is 0.306 e. The molecule has 7 N–H and O–H groups in total. The fourth-order valence-electron chi connectivity index (χ4n) is 7.90. The molecule has 14 heteroatoms. The molecule has 0 saturated carbocycles. The fraction of sp³-hybridized carbons (Fsp3) is 0.863. The van der Waals surface area contributed by atoms with Gasteiger partial charge in [-0.3, -0.25) is 4.79 Å². The summed E-state index contributed by atoms with van der Waals surface area (Å²) in [5.74, 6) is -0.387. The number of ether oxygens (including phenoxy) is 6. The highest BCUT2D eigenvalue weighted by atomic mass is 16.7. The Balaban J connectivity index is 1.78. The number of rotatable bonds is 40. The second kappa shape index (κ2) is 39.1. The van der Waals surface area contributed by atoms with Crippen molar-refractivity contribution in [2.45, 2.75) is 248 Å². The molecule has 0 aromatic rings. The van der Waals surface area contributed by atoms with Crippen molar-refractivity contribution in [3.63, 3.8) is 0 Å². The van der Waals surface area contributed by atoms with E-state index in [1.165, 1.54) is 96.3 Å². The number of unbranched alkanes of at least 4 members (excludes halogenated alkanes) is 20. The summed E-state index contributed by atoms with van der Waals surface area (Å²) in [5, 5.41) is 72.1. The number of allylic oxidation sites excluding steroid dienone is 6. The molecule has 0 aliphatic carbocycles. The van der Waals surface area contributed by atoms with E-state index in [-0.39, 0.29) is 25.6 Å². The highest BCUT2D eigenvalue weighted by Gasteiger charge is 2.47. The van der Waals surface area contributed by atoms with Gasteiger partial charge in [0.25, 0.3) is 0 Å². The third-order valence-corrected chi connectivity index (χ3v) is 12.1. The van der Waals surface area contributed by atoms with Crippen molar-refractivity contribution in [3.05, 3.63) is 36.5 Å². The van der Waals surface area contributed by atoms with Crippen LogP contribution >= 0.6 is 0 Å². The van der Waals surface area contributed by atoms with Crippen LogP contribution in [0.4, 0.5) is 0 Å². The standard InChI is InChI=1S/C51H92O14/c1-3-5-7-9-11-13-15-17-19-20-21-22-24-26-28-30-32-34-43(53)63-40(37-60-35-33-31-29-27-25-23-18-16-14-12-10-8-6-4-2)38-61-50-49(59)47(57)45(55)42(65-50)39-62-51-48(58)46(56)44(54)41(36-52)64-51/h11,13-14,16-17,19,40-42,44-52,54-59H,3-10,12,15,18,20-39H2,1-2H3/b13-11-,16-14-,19-17-. The van der Waals surface area contributed by atoms with Crippen LogP contribution in [0.1, 0.15) is 181 Å². The summed E-state index contributed by atoms with van der Waals surface area (Å²) in [6.45, 7) is 3.62. The minimum Gasteiger partial charge on any atom is -0.457 e. The second-order valence-electron chi connectivity index (χ2n) is 18.0. The maximum absolute atomic E-state index is 13.0. The van der Waals surface area contributed by atoms with Gasteiger partial charge in [-0.1, -0.05) is 140 Å². The van der Waals surface area contributed by atoms with Crippen molar-refractivity contribution < 1.29 is 69.0 Å². The molecule has 2 heterocycles. The molecule has 0 bridgehead atoms. The van der Waals surface area contributed by atoms with Crippen LogP contribution in [0.2, 0.25) is 0 Å². The maximum atomic E-state index is 13.0. The average molecular weight is 929 g/mol. The molecular formula is C51H92O14. The van der Waals surface area contributed by atoms with Gasteiger partial charge >= 0.3 is 5.97 Å². The summed E-state index contributed by atoms with van der Waals surface area (Å²) >= 11 is 0. The molecule has 2 saturated heterocycles. The Kier molecular flexibility index (Phi) is 35.7. The summed E-state index contributed by atoms with van der Waals surface area (Å²) in [5.41, 5.74) is 0. The highest BCUT2D eigenvalue weighted by Crippen LogP contribution is 2.26. The van der Waals surface area contributed by atoms with E-state index >= 15 is 0 Å². The number of esters is 1. The minimum atomic E-state index is -1.71. The van der Waals surface area contributed by atoms with Crippen molar-refractivity contribution in [1.82, 2.24) is 0 Å². The first-order chi connectivity index (χ1) is 31.6. The monoisotopic (exact) mass is 929 g/mol. The van der Waals surface area contributed by atoms with Gasteiger partial charge in [0.1, 0.15) is 54.9 Å². The highest BCUT2D eigenvalue weighted by molar-refractivity contribution is 5.69. The van der Waals surface area contributed by atoms with Crippen LogP contribution < -0.4 is 0 Å². The topological polar surface area (TPSA) is 214 Å². The number of aliphatic hydroxyl groups excluding tert-OH is 7. The lowest BCUT2D eigenvalue weighted by molar-refractivity contribution is -0.332. The number of aliphatic hydroxyl groups is 7. The molecule has 11 atom stereocenters. The average Bonchev–Trinajstić information content (AvgIpc) is 3.30. The van der Waals surface area contributed by atoms with E-state index in [1.54, 1.807) is 0 Å². The lowest BCUT2D eigenvalue weighted by atomic mass is 9.98. The molecule has 0 aromatic carbocycles. The van der Waals surface area contributed by atoms with Crippen LogP contribution in [-0.2, 0) is 33.2 Å². The molecule has 0 aromatic heterocycles. The van der Waals surface area contributed by atoms with E-state index < -0.39 is 80.7 Å². The zero-order valence-electron chi connectivity index (χ0n) is 40.2. The van der Waals surface area contributed by atoms with Crippen LogP contribution in [0.15, 0.2) is 36.5 Å². The first kappa shape index (κ1) is 59.3. The predicted octanol–water partition coefficient (Wildman–Crippen LogP) is 7.41. The zero-order chi connectivity index (χ0) is 47.3. The molecule has 380 valence electrons. The van der Waals surface area contributed by atoms with Gasteiger partial charge in [-0.15, -0.1) is 0 Å². The molecule has 2 aliphatic rings. The molecular weight excluding hydrogens is 837 g/mol. The normalized spacial score (nSPS) is 26.8. The first-order valence-corrected chi connectivity index (χ1v) is 25.6. The molecule has 14 nitrogen and oxygen atoms in total. The Morgan fingerprint density at radius 1 is 0.508 bits per heavy atom. The first-order valence-electron chi connectivity index (χ1n) is 25.6. The van der Waals surface area contributed by atoms with E-state index in [0.717, 1.165) is 57.8 Å². The van der Waals surface area contributed by atoms with Crippen LogP contribution in [0.25, 0.3) is 0 Å². The molecule has 2 fully saturated rings. The quantitative estimate of drug-likeness (QED) is 0.0181. The molecule has 2 rings (SSSR count). The number of carbonyl (C=O) groups excluding carboxylic acids is 1. The molecule has 2 aliphatic heterocycles. The Morgan fingerprint density at radius 3 is 1.52 bits per heavy atom. The van der Waals surface area contributed by atoms with Crippen LogP contribution in [0, 0.1) is 0 Å². The lowest BCUT2D eigenvalue weighted by Crippen LogP contribution is -2.61. The summed E-state index contributed by atoms with van der Waals surface area (Å²) in [6.07, 6.45) is 26.3. The third kappa shape index (κ3) is 27.1. The maximum Gasteiger partial charge on any atom is 0.306 e. The van der Waals surface area contributed by atoms with E-state index in [0.29, 0.717) is 13.0 Å². The van der Waals surface area contributed by atoms with Crippen molar-refractivity contribution in [2.75, 3.05) is 33.0 Å². The number of hydrogen-bond donors (Lipinski definition) is 7. The van der Waals surface area contributed by atoms with Crippen LogP contribution in [0.5, 0.6) is 0 Å². The third-order valence-electron chi connectivity index (χ3n) is 12.1. The molecule has 0 spiro atoms. The van der Waals surface area contributed by atoms with E-state index in [9.17, 15) is 40.5 Å². The van der Waals surface area contributed by atoms with Crippen molar-refractivity contribution >= 4 is 5.97 Å². The Labute approximate surface area is 391 Å². The Hall–Kier alpha value is -1.79. The lowest BCUT2D eigenvalue weighted by Gasteiger charge is -2.42. The van der Waals surface area contributed by atoms with E-state index in [1.807, 2.05) is 0 Å². The van der Waals surface area contributed by atoms with Gasteiger partial charge in [0, 0.05) is 13.0 Å². The van der Waals surface area contributed by atoms with Gasteiger partial charge in [0.05, 0.1) is 26.4 Å².